The van der Waals surface area contributed by atoms with Gasteiger partial charge in [-0.1, -0.05) is 26.2 Å². The smallest absolute Gasteiger partial charge is 0.0219 e. The molecule has 0 aliphatic heterocycles. The molecule has 0 amide bonds. The molecule has 0 unspecified atom stereocenters. The number of hydrogen-bond donors (Lipinski definition) is 2. The lowest BCUT2D eigenvalue weighted by atomic mass is 10.2. The predicted octanol–water partition coefficient (Wildman–Crippen LogP) is 1.65. The van der Waals surface area contributed by atoms with E-state index in [0.717, 1.165) is 6.54 Å². The summed E-state index contributed by atoms with van der Waals surface area (Å²) < 4.78 is 0. The topological polar surface area (TPSA) is 38.0 Å². The Kier molecular flexibility index (Phi) is 4.62. The van der Waals surface area contributed by atoms with Gasteiger partial charge >= 0.3 is 0 Å². The molecule has 1 saturated carbocycles. The van der Waals surface area contributed by atoms with Crippen LogP contribution < -0.4 is 11.1 Å². The fourth-order valence-electron chi connectivity index (χ4n) is 1.90. The van der Waals surface area contributed by atoms with Gasteiger partial charge in [0, 0.05) is 12.1 Å². The van der Waals surface area contributed by atoms with E-state index in [1.165, 1.54) is 38.5 Å². The highest BCUT2D eigenvalue weighted by molar-refractivity contribution is 4.85. The molecule has 3 N–H and O–H groups in total. The van der Waals surface area contributed by atoms with E-state index in [-0.39, 0.29) is 0 Å². The average Bonchev–Trinajstić information content (AvgIpc) is 2.46. The van der Waals surface area contributed by atoms with E-state index in [1.54, 1.807) is 0 Å². The molecule has 1 rings (SSSR count). The van der Waals surface area contributed by atoms with Crippen LogP contribution in [0, 0.1) is 0 Å². The van der Waals surface area contributed by atoms with Gasteiger partial charge < -0.3 is 11.1 Å². The minimum atomic E-state index is 0.423. The molecule has 0 radical (unpaired) electrons. The molecule has 0 bridgehead atoms. The molecule has 0 aromatic carbocycles. The summed E-state index contributed by atoms with van der Waals surface area (Å²) in [5.41, 5.74) is 5.93. The minimum absolute atomic E-state index is 0.423. The van der Waals surface area contributed by atoms with Crippen molar-refractivity contribution >= 4 is 0 Å². The molecule has 0 aromatic rings. The molecule has 2 atom stereocenters. The second-order valence-corrected chi connectivity index (χ2v) is 3.86. The van der Waals surface area contributed by atoms with Gasteiger partial charge in [-0.25, -0.2) is 0 Å². The second-order valence-electron chi connectivity index (χ2n) is 3.86. The summed E-state index contributed by atoms with van der Waals surface area (Å²) in [4.78, 5) is 0. The van der Waals surface area contributed by atoms with Gasteiger partial charge in [-0.2, -0.15) is 0 Å². The summed E-state index contributed by atoms with van der Waals surface area (Å²) in [5.74, 6) is 0. The Morgan fingerprint density at radius 1 is 1.33 bits per heavy atom. The lowest BCUT2D eigenvalue weighted by molar-refractivity contribution is 0.465. The summed E-state index contributed by atoms with van der Waals surface area (Å²) in [6.07, 6.45) is 7.76. The summed E-state index contributed by atoms with van der Waals surface area (Å²) in [5, 5.41) is 3.54. The normalized spacial score (nSPS) is 29.5. The van der Waals surface area contributed by atoms with Crippen molar-refractivity contribution in [2.45, 2.75) is 57.5 Å². The summed E-state index contributed by atoms with van der Waals surface area (Å²) in [7, 11) is 0. The first-order chi connectivity index (χ1) is 5.84. The molecule has 12 heavy (non-hydrogen) atoms. The number of unbranched alkanes of at least 4 members (excludes halogenated alkanes) is 2. The number of nitrogens with two attached hydrogens (primary N) is 1. The summed E-state index contributed by atoms with van der Waals surface area (Å²) in [6, 6.07) is 1.04. The molecular formula is C10H22N2. The fraction of sp³-hybridized carbons (Fsp3) is 1.00. The Morgan fingerprint density at radius 3 is 2.75 bits per heavy atom. The number of hydrogen-bond acceptors (Lipinski definition) is 2. The van der Waals surface area contributed by atoms with Crippen molar-refractivity contribution in [2.24, 2.45) is 5.73 Å². The Bertz CT molecular complexity index is 114. The third kappa shape index (κ3) is 3.11. The Balaban J connectivity index is 1.98. The first-order valence-electron chi connectivity index (χ1n) is 5.33. The quantitative estimate of drug-likeness (QED) is 0.616. The largest absolute Gasteiger partial charge is 0.326 e. The summed E-state index contributed by atoms with van der Waals surface area (Å²) in [6.45, 7) is 3.40. The van der Waals surface area contributed by atoms with E-state index in [2.05, 4.69) is 12.2 Å². The van der Waals surface area contributed by atoms with Gasteiger partial charge in [-0.15, -0.1) is 0 Å². The zero-order valence-corrected chi connectivity index (χ0v) is 8.18. The zero-order valence-electron chi connectivity index (χ0n) is 8.18. The van der Waals surface area contributed by atoms with Crippen LogP contribution >= 0.6 is 0 Å². The predicted molar refractivity (Wildman–Crippen MR) is 53.1 cm³/mol. The molecular weight excluding hydrogens is 148 g/mol. The van der Waals surface area contributed by atoms with Crippen molar-refractivity contribution in [2.75, 3.05) is 6.54 Å². The Labute approximate surface area is 75.9 Å². The van der Waals surface area contributed by atoms with Gasteiger partial charge in [-0.05, 0) is 25.8 Å². The van der Waals surface area contributed by atoms with Crippen molar-refractivity contribution in [1.82, 2.24) is 5.32 Å². The minimum Gasteiger partial charge on any atom is -0.326 e. The maximum atomic E-state index is 5.93. The molecule has 72 valence electrons. The maximum Gasteiger partial charge on any atom is 0.0219 e. The van der Waals surface area contributed by atoms with Crippen LogP contribution in [0.3, 0.4) is 0 Å². The first-order valence-corrected chi connectivity index (χ1v) is 5.33. The highest BCUT2D eigenvalue weighted by atomic mass is 15.0. The van der Waals surface area contributed by atoms with E-state index in [4.69, 9.17) is 5.73 Å². The zero-order chi connectivity index (χ0) is 8.81. The molecule has 1 fully saturated rings. The SMILES string of the molecule is CCCCCN[C@@H]1CCC[C@H]1N. The van der Waals surface area contributed by atoms with Crippen molar-refractivity contribution < 1.29 is 0 Å². The molecule has 1 aliphatic carbocycles. The van der Waals surface area contributed by atoms with Gasteiger partial charge in [0.25, 0.3) is 0 Å². The highest BCUT2D eigenvalue weighted by Gasteiger charge is 2.22. The van der Waals surface area contributed by atoms with Gasteiger partial charge in [0.1, 0.15) is 0 Å². The van der Waals surface area contributed by atoms with E-state index >= 15 is 0 Å². The van der Waals surface area contributed by atoms with E-state index in [9.17, 15) is 0 Å². The van der Waals surface area contributed by atoms with E-state index in [0.29, 0.717) is 12.1 Å². The monoisotopic (exact) mass is 170 g/mol. The third-order valence-electron chi connectivity index (χ3n) is 2.76. The fourth-order valence-corrected chi connectivity index (χ4v) is 1.90. The number of rotatable bonds is 5. The van der Waals surface area contributed by atoms with E-state index < -0.39 is 0 Å². The molecule has 1 aliphatic rings. The molecule has 0 saturated heterocycles. The Morgan fingerprint density at radius 2 is 2.17 bits per heavy atom. The highest BCUT2D eigenvalue weighted by Crippen LogP contribution is 2.16. The standard InChI is InChI=1S/C10H22N2/c1-2-3-4-8-12-10-7-5-6-9(10)11/h9-10,12H,2-8,11H2,1H3/t9-,10-/m1/s1. The molecule has 0 spiro atoms. The van der Waals surface area contributed by atoms with Crippen LogP contribution in [-0.2, 0) is 0 Å². The lowest BCUT2D eigenvalue weighted by Crippen LogP contribution is -2.41. The van der Waals surface area contributed by atoms with Crippen LogP contribution in [0.2, 0.25) is 0 Å². The van der Waals surface area contributed by atoms with Crippen molar-refractivity contribution in [3.63, 3.8) is 0 Å². The molecule has 0 heterocycles. The van der Waals surface area contributed by atoms with Gasteiger partial charge in [0.05, 0.1) is 0 Å². The van der Waals surface area contributed by atoms with Crippen molar-refractivity contribution in [3.8, 4) is 0 Å². The Hall–Kier alpha value is -0.0800. The summed E-state index contributed by atoms with van der Waals surface area (Å²) >= 11 is 0. The van der Waals surface area contributed by atoms with Crippen LogP contribution in [-0.4, -0.2) is 18.6 Å². The molecule has 0 aromatic heterocycles. The maximum absolute atomic E-state index is 5.93. The molecule has 2 nitrogen and oxygen atoms in total. The van der Waals surface area contributed by atoms with Crippen LogP contribution in [0.4, 0.5) is 0 Å². The van der Waals surface area contributed by atoms with Crippen molar-refractivity contribution in [3.05, 3.63) is 0 Å². The van der Waals surface area contributed by atoms with Gasteiger partial charge in [0.15, 0.2) is 0 Å². The van der Waals surface area contributed by atoms with Crippen LogP contribution in [0.5, 0.6) is 0 Å². The first kappa shape index (κ1) is 10.0. The van der Waals surface area contributed by atoms with Gasteiger partial charge in [0.2, 0.25) is 0 Å². The van der Waals surface area contributed by atoms with Gasteiger partial charge in [-0.3, -0.25) is 0 Å². The average molecular weight is 170 g/mol. The second kappa shape index (κ2) is 5.55. The van der Waals surface area contributed by atoms with Crippen LogP contribution in [0.15, 0.2) is 0 Å². The van der Waals surface area contributed by atoms with E-state index in [1.807, 2.05) is 0 Å². The van der Waals surface area contributed by atoms with Crippen molar-refractivity contribution in [1.29, 1.82) is 0 Å². The van der Waals surface area contributed by atoms with Crippen LogP contribution in [0.25, 0.3) is 0 Å². The lowest BCUT2D eigenvalue weighted by Gasteiger charge is -2.16. The third-order valence-corrected chi connectivity index (χ3v) is 2.76. The molecule has 2 heteroatoms. The number of nitrogens with one attached hydrogen (secondary N) is 1. The van der Waals surface area contributed by atoms with Crippen LogP contribution in [0.1, 0.15) is 45.4 Å².